The highest BCUT2D eigenvalue weighted by Gasteiger charge is 2.34. The standard InChI is InChI=1S/C27H19BN2O/c1-16-17(2)29-25-20(16)14-12-18-13-15-22-26(24(18)25)30(27(29)31)23-11-7-6-10-21(23)28(22)19-8-4-3-5-9-19/h3-15H,1-2H3. The van der Waals surface area contributed by atoms with E-state index >= 15 is 0 Å². The minimum absolute atomic E-state index is 0.0158. The van der Waals surface area contributed by atoms with Gasteiger partial charge in [0.15, 0.2) is 0 Å². The van der Waals surface area contributed by atoms with Crippen molar-refractivity contribution in [2.24, 2.45) is 0 Å². The second kappa shape index (κ2) is 5.67. The molecule has 4 heteroatoms. The largest absolute Gasteiger partial charge is 0.337 e. The van der Waals surface area contributed by atoms with E-state index in [0.29, 0.717) is 0 Å². The van der Waals surface area contributed by atoms with Crippen LogP contribution in [0.4, 0.5) is 0 Å². The van der Waals surface area contributed by atoms with Crippen molar-refractivity contribution in [3.63, 3.8) is 0 Å². The van der Waals surface area contributed by atoms with Crippen LogP contribution in [0.15, 0.2) is 83.7 Å². The fourth-order valence-corrected chi connectivity index (χ4v) is 5.70. The van der Waals surface area contributed by atoms with E-state index in [9.17, 15) is 4.79 Å². The fraction of sp³-hybridized carbons (Fsp3) is 0.0741. The van der Waals surface area contributed by atoms with Crippen LogP contribution in [-0.4, -0.2) is 15.7 Å². The Hall–Kier alpha value is -3.79. The van der Waals surface area contributed by atoms with Crippen molar-refractivity contribution in [1.29, 1.82) is 0 Å². The number of hydrogen-bond acceptors (Lipinski definition) is 1. The molecule has 0 atom stereocenters. The van der Waals surface area contributed by atoms with Crippen LogP contribution in [-0.2, 0) is 0 Å². The zero-order valence-corrected chi connectivity index (χ0v) is 17.4. The third kappa shape index (κ3) is 1.93. The Bertz CT molecular complexity index is 1730. The normalized spacial score (nSPS) is 12.9. The highest BCUT2D eigenvalue weighted by molar-refractivity contribution is 6.98. The molecule has 0 bridgehead atoms. The molecule has 4 aromatic carbocycles. The zero-order chi connectivity index (χ0) is 20.9. The quantitative estimate of drug-likeness (QED) is 0.390. The molecule has 146 valence electrons. The van der Waals surface area contributed by atoms with Gasteiger partial charge in [-0.1, -0.05) is 78.3 Å². The fourth-order valence-electron chi connectivity index (χ4n) is 5.70. The Morgan fingerprint density at radius 3 is 2.32 bits per heavy atom. The van der Waals surface area contributed by atoms with Crippen molar-refractivity contribution >= 4 is 50.3 Å². The van der Waals surface area contributed by atoms with Gasteiger partial charge in [0.05, 0.1) is 11.0 Å². The summed E-state index contributed by atoms with van der Waals surface area (Å²) in [6.07, 6.45) is 0. The molecule has 0 fully saturated rings. The van der Waals surface area contributed by atoms with Crippen LogP contribution in [0.1, 0.15) is 11.3 Å². The first-order chi connectivity index (χ1) is 15.2. The molecular formula is C27H19BN2O. The number of benzene rings is 4. The molecule has 7 rings (SSSR count). The van der Waals surface area contributed by atoms with Crippen molar-refractivity contribution in [3.8, 4) is 5.69 Å². The summed E-state index contributed by atoms with van der Waals surface area (Å²) in [5, 5.41) is 3.52. The molecule has 2 aromatic heterocycles. The summed E-state index contributed by atoms with van der Waals surface area (Å²) in [5.74, 6) is 0. The van der Waals surface area contributed by atoms with Crippen molar-refractivity contribution in [3.05, 3.63) is 101 Å². The van der Waals surface area contributed by atoms with Gasteiger partial charge in [0.2, 0.25) is 6.71 Å². The number of aryl methyl sites for hydroxylation is 2. The van der Waals surface area contributed by atoms with E-state index in [-0.39, 0.29) is 12.4 Å². The predicted molar refractivity (Wildman–Crippen MR) is 130 cm³/mol. The lowest BCUT2D eigenvalue weighted by Crippen LogP contribution is -2.57. The molecule has 6 aromatic rings. The van der Waals surface area contributed by atoms with E-state index in [1.54, 1.807) is 0 Å². The molecule has 31 heavy (non-hydrogen) atoms. The topological polar surface area (TPSA) is 26.4 Å². The van der Waals surface area contributed by atoms with Crippen LogP contribution < -0.4 is 22.1 Å². The van der Waals surface area contributed by atoms with Gasteiger partial charge in [-0.3, -0.25) is 8.97 Å². The van der Waals surface area contributed by atoms with Gasteiger partial charge in [-0.15, -0.1) is 0 Å². The first kappa shape index (κ1) is 17.0. The average Bonchev–Trinajstić information content (AvgIpc) is 3.07. The zero-order valence-electron chi connectivity index (χ0n) is 17.4. The number of rotatable bonds is 1. The monoisotopic (exact) mass is 398 g/mol. The summed E-state index contributed by atoms with van der Waals surface area (Å²) in [4.78, 5) is 14.0. The van der Waals surface area contributed by atoms with Gasteiger partial charge in [-0.05, 0) is 41.8 Å². The van der Waals surface area contributed by atoms with Crippen LogP contribution in [0.5, 0.6) is 0 Å². The van der Waals surface area contributed by atoms with Gasteiger partial charge < -0.3 is 0 Å². The molecular weight excluding hydrogens is 379 g/mol. The molecule has 1 aliphatic rings. The maximum atomic E-state index is 14.0. The summed E-state index contributed by atoms with van der Waals surface area (Å²) in [6, 6.07) is 27.8. The summed E-state index contributed by atoms with van der Waals surface area (Å²) < 4.78 is 3.87. The van der Waals surface area contributed by atoms with Gasteiger partial charge in [0.1, 0.15) is 0 Å². The molecule has 0 saturated heterocycles. The molecule has 0 spiro atoms. The Kier molecular flexibility index (Phi) is 3.10. The van der Waals surface area contributed by atoms with Gasteiger partial charge in [-0.2, -0.15) is 0 Å². The average molecular weight is 398 g/mol. The van der Waals surface area contributed by atoms with Gasteiger partial charge >= 0.3 is 5.69 Å². The van der Waals surface area contributed by atoms with E-state index in [1.165, 1.54) is 38.1 Å². The summed E-state index contributed by atoms with van der Waals surface area (Å²) in [7, 11) is 0. The Balaban J connectivity index is 1.80. The van der Waals surface area contributed by atoms with Crippen molar-refractivity contribution in [2.45, 2.75) is 13.8 Å². The second-order valence-electron chi connectivity index (χ2n) is 8.63. The van der Waals surface area contributed by atoms with E-state index in [4.69, 9.17) is 0 Å². The highest BCUT2D eigenvalue weighted by Crippen LogP contribution is 2.34. The first-order valence-corrected chi connectivity index (χ1v) is 10.7. The van der Waals surface area contributed by atoms with Crippen molar-refractivity contribution < 1.29 is 0 Å². The molecule has 3 heterocycles. The number of para-hydroxylation sites is 1. The number of hydrogen-bond donors (Lipinski definition) is 0. The molecule has 0 radical (unpaired) electrons. The van der Waals surface area contributed by atoms with Gasteiger partial charge in [0.25, 0.3) is 0 Å². The van der Waals surface area contributed by atoms with E-state index in [2.05, 4.69) is 86.6 Å². The Morgan fingerprint density at radius 1 is 0.742 bits per heavy atom. The Morgan fingerprint density at radius 2 is 1.48 bits per heavy atom. The third-order valence-corrected chi connectivity index (χ3v) is 7.21. The number of nitrogens with zero attached hydrogens (tertiary/aromatic N) is 2. The minimum atomic E-state index is 0.0158. The maximum Gasteiger partial charge on any atom is 0.337 e. The van der Waals surface area contributed by atoms with Crippen LogP contribution in [0.3, 0.4) is 0 Å². The lowest BCUT2D eigenvalue weighted by Gasteiger charge is -2.29. The first-order valence-electron chi connectivity index (χ1n) is 10.7. The van der Waals surface area contributed by atoms with Crippen LogP contribution >= 0.6 is 0 Å². The lowest BCUT2D eigenvalue weighted by atomic mass is 9.35. The molecule has 0 amide bonds. The van der Waals surface area contributed by atoms with Crippen molar-refractivity contribution in [1.82, 2.24) is 8.97 Å². The second-order valence-corrected chi connectivity index (χ2v) is 8.63. The highest BCUT2D eigenvalue weighted by atomic mass is 16.1. The summed E-state index contributed by atoms with van der Waals surface area (Å²) >= 11 is 0. The Labute approximate surface area is 179 Å². The van der Waals surface area contributed by atoms with Crippen LogP contribution in [0, 0.1) is 13.8 Å². The van der Waals surface area contributed by atoms with E-state index in [0.717, 1.165) is 22.4 Å². The molecule has 0 aliphatic carbocycles. The van der Waals surface area contributed by atoms with Crippen LogP contribution in [0.2, 0.25) is 0 Å². The molecule has 3 nitrogen and oxygen atoms in total. The van der Waals surface area contributed by atoms with E-state index < -0.39 is 0 Å². The molecule has 1 aliphatic heterocycles. The smallest absolute Gasteiger partial charge is 0.265 e. The van der Waals surface area contributed by atoms with Crippen molar-refractivity contribution in [2.75, 3.05) is 0 Å². The number of aromatic nitrogens is 2. The third-order valence-electron chi connectivity index (χ3n) is 7.21. The molecule has 0 N–H and O–H groups in total. The maximum absolute atomic E-state index is 14.0. The summed E-state index contributed by atoms with van der Waals surface area (Å²) in [5.41, 5.74) is 8.91. The van der Waals surface area contributed by atoms with E-state index in [1.807, 2.05) is 15.0 Å². The predicted octanol–water partition coefficient (Wildman–Crippen LogP) is 3.28. The molecule has 0 saturated carbocycles. The van der Waals surface area contributed by atoms with Crippen LogP contribution in [0.25, 0.3) is 32.9 Å². The summed E-state index contributed by atoms with van der Waals surface area (Å²) in [6.45, 7) is 4.27. The van der Waals surface area contributed by atoms with Gasteiger partial charge in [-0.25, -0.2) is 4.79 Å². The lowest BCUT2D eigenvalue weighted by molar-refractivity contribution is 0.898. The SMILES string of the molecule is Cc1c(C)n2c(=O)n3c4c(ccc5ccc1c2c54)B(c1ccccc1)c1ccccc1-3. The minimum Gasteiger partial charge on any atom is -0.265 e. The molecule has 0 unspecified atom stereocenters. The van der Waals surface area contributed by atoms with Gasteiger partial charge in [0, 0.05) is 22.2 Å². The number of fused-ring (bicyclic) bond motifs is 2.